The molecule has 1 heterocycles. The molecule has 0 spiro atoms. The largest absolute Gasteiger partial charge is 0.385 e. The van der Waals surface area contributed by atoms with E-state index in [0.29, 0.717) is 5.56 Å². The predicted molar refractivity (Wildman–Crippen MR) is 68.1 cm³/mol. The molecule has 1 aliphatic carbocycles. The second-order valence-corrected chi connectivity index (χ2v) is 4.44. The number of hydrogen-bond donors (Lipinski definition) is 2. The first-order valence-corrected chi connectivity index (χ1v) is 6.27. The van der Waals surface area contributed by atoms with Gasteiger partial charge >= 0.3 is 0 Å². The molecule has 4 heteroatoms. The van der Waals surface area contributed by atoms with Gasteiger partial charge in [0.05, 0.1) is 11.3 Å². The Morgan fingerprint density at radius 1 is 1.53 bits per heavy atom. The molecule has 17 heavy (non-hydrogen) atoms. The lowest BCUT2D eigenvalue weighted by molar-refractivity contribution is 0.0953. The van der Waals surface area contributed by atoms with E-state index in [1.165, 1.54) is 12.8 Å². The highest BCUT2D eigenvalue weighted by Crippen LogP contribution is 2.31. The first-order chi connectivity index (χ1) is 8.31. The van der Waals surface area contributed by atoms with Crippen molar-refractivity contribution < 1.29 is 4.79 Å². The van der Waals surface area contributed by atoms with Crippen molar-refractivity contribution in [3.8, 4) is 0 Å². The SMILES string of the molecule is CCNc1ccncc1C(=O)NCCC1CC1. The van der Waals surface area contributed by atoms with E-state index in [0.717, 1.165) is 31.1 Å². The summed E-state index contributed by atoms with van der Waals surface area (Å²) < 4.78 is 0. The van der Waals surface area contributed by atoms with E-state index >= 15 is 0 Å². The first-order valence-electron chi connectivity index (χ1n) is 6.27. The maximum absolute atomic E-state index is 12.0. The van der Waals surface area contributed by atoms with Crippen molar-refractivity contribution in [2.24, 2.45) is 5.92 Å². The van der Waals surface area contributed by atoms with Gasteiger partial charge in [-0.2, -0.15) is 0 Å². The summed E-state index contributed by atoms with van der Waals surface area (Å²) in [7, 11) is 0. The summed E-state index contributed by atoms with van der Waals surface area (Å²) in [5, 5.41) is 6.12. The van der Waals surface area contributed by atoms with Gasteiger partial charge in [0.1, 0.15) is 0 Å². The van der Waals surface area contributed by atoms with Crippen LogP contribution in [0.2, 0.25) is 0 Å². The van der Waals surface area contributed by atoms with Gasteiger partial charge in [0.15, 0.2) is 0 Å². The normalized spacial score (nSPS) is 14.4. The average Bonchev–Trinajstić information content (AvgIpc) is 3.14. The van der Waals surface area contributed by atoms with Gasteiger partial charge in [0, 0.05) is 25.5 Å². The van der Waals surface area contributed by atoms with E-state index in [2.05, 4.69) is 15.6 Å². The van der Waals surface area contributed by atoms with Crippen LogP contribution in [0.3, 0.4) is 0 Å². The van der Waals surface area contributed by atoms with Crippen molar-refractivity contribution in [1.82, 2.24) is 10.3 Å². The highest BCUT2D eigenvalue weighted by atomic mass is 16.1. The molecule has 1 aromatic heterocycles. The Hall–Kier alpha value is -1.58. The van der Waals surface area contributed by atoms with Crippen LogP contribution in [0, 0.1) is 5.92 Å². The Balaban J connectivity index is 1.91. The molecule has 0 bridgehead atoms. The Bertz CT molecular complexity index is 388. The van der Waals surface area contributed by atoms with Gasteiger partial charge < -0.3 is 10.6 Å². The number of anilines is 1. The van der Waals surface area contributed by atoms with Crippen LogP contribution in [0.25, 0.3) is 0 Å². The number of hydrogen-bond acceptors (Lipinski definition) is 3. The molecule has 92 valence electrons. The third-order valence-corrected chi connectivity index (χ3v) is 2.97. The van der Waals surface area contributed by atoms with Gasteiger partial charge in [-0.15, -0.1) is 0 Å². The van der Waals surface area contributed by atoms with Crippen LogP contribution >= 0.6 is 0 Å². The summed E-state index contributed by atoms with van der Waals surface area (Å²) in [6.45, 7) is 3.57. The summed E-state index contributed by atoms with van der Waals surface area (Å²) in [5.74, 6) is 0.812. The zero-order valence-corrected chi connectivity index (χ0v) is 10.2. The summed E-state index contributed by atoms with van der Waals surface area (Å²) in [6, 6.07) is 1.83. The number of nitrogens with one attached hydrogen (secondary N) is 2. The van der Waals surface area contributed by atoms with Gasteiger partial charge in [-0.3, -0.25) is 9.78 Å². The summed E-state index contributed by atoms with van der Waals surface area (Å²) >= 11 is 0. The smallest absolute Gasteiger partial charge is 0.254 e. The molecular weight excluding hydrogens is 214 g/mol. The fourth-order valence-corrected chi connectivity index (χ4v) is 1.81. The molecule has 0 aromatic carbocycles. The molecule has 1 aromatic rings. The van der Waals surface area contributed by atoms with E-state index in [1.54, 1.807) is 12.4 Å². The maximum Gasteiger partial charge on any atom is 0.254 e. The van der Waals surface area contributed by atoms with Crippen molar-refractivity contribution in [3.63, 3.8) is 0 Å². The molecule has 0 unspecified atom stereocenters. The highest BCUT2D eigenvalue weighted by molar-refractivity contribution is 5.99. The average molecular weight is 233 g/mol. The van der Waals surface area contributed by atoms with E-state index < -0.39 is 0 Å². The van der Waals surface area contributed by atoms with Crippen LogP contribution in [0.1, 0.15) is 36.5 Å². The molecule has 0 aliphatic heterocycles. The second kappa shape index (κ2) is 5.66. The topological polar surface area (TPSA) is 54.0 Å². The first kappa shape index (κ1) is 11.9. The minimum atomic E-state index is -0.0327. The van der Waals surface area contributed by atoms with Crippen molar-refractivity contribution in [2.75, 3.05) is 18.4 Å². The van der Waals surface area contributed by atoms with Gasteiger partial charge in [-0.1, -0.05) is 12.8 Å². The summed E-state index contributed by atoms with van der Waals surface area (Å²) in [4.78, 5) is 16.0. The summed E-state index contributed by atoms with van der Waals surface area (Å²) in [5.41, 5.74) is 1.48. The minimum absolute atomic E-state index is 0.0327. The molecule has 1 amide bonds. The van der Waals surface area contributed by atoms with Gasteiger partial charge in [-0.05, 0) is 25.3 Å². The molecule has 0 radical (unpaired) electrons. The van der Waals surface area contributed by atoms with Gasteiger partial charge in [0.25, 0.3) is 5.91 Å². The molecule has 4 nitrogen and oxygen atoms in total. The molecular formula is C13H19N3O. The van der Waals surface area contributed by atoms with Crippen LogP contribution in [0.4, 0.5) is 5.69 Å². The van der Waals surface area contributed by atoms with Crippen molar-refractivity contribution in [2.45, 2.75) is 26.2 Å². The Morgan fingerprint density at radius 3 is 3.06 bits per heavy atom. The molecule has 1 saturated carbocycles. The third kappa shape index (κ3) is 3.44. The number of carbonyl (C=O) groups is 1. The number of rotatable bonds is 6. The van der Waals surface area contributed by atoms with Crippen molar-refractivity contribution in [3.05, 3.63) is 24.0 Å². The van der Waals surface area contributed by atoms with E-state index in [4.69, 9.17) is 0 Å². The fourth-order valence-electron chi connectivity index (χ4n) is 1.81. The third-order valence-electron chi connectivity index (χ3n) is 2.97. The number of amides is 1. The monoisotopic (exact) mass is 233 g/mol. The molecule has 1 aliphatic rings. The lowest BCUT2D eigenvalue weighted by atomic mass is 10.2. The fraction of sp³-hybridized carbons (Fsp3) is 0.538. The quantitative estimate of drug-likeness (QED) is 0.790. The molecule has 1 fully saturated rings. The van der Waals surface area contributed by atoms with Crippen molar-refractivity contribution >= 4 is 11.6 Å². The van der Waals surface area contributed by atoms with Gasteiger partial charge in [0.2, 0.25) is 0 Å². The standard InChI is InChI=1S/C13H19N3O/c1-2-15-12-6-7-14-9-11(12)13(17)16-8-5-10-3-4-10/h6-7,9-10H,2-5,8H2,1H3,(H,14,15)(H,16,17). The second-order valence-electron chi connectivity index (χ2n) is 4.44. The Morgan fingerprint density at radius 2 is 2.35 bits per heavy atom. The van der Waals surface area contributed by atoms with Crippen LogP contribution in [-0.2, 0) is 0 Å². The van der Waals surface area contributed by atoms with Crippen LogP contribution < -0.4 is 10.6 Å². The van der Waals surface area contributed by atoms with E-state index in [1.807, 2.05) is 13.0 Å². The molecule has 2 N–H and O–H groups in total. The molecule has 0 saturated heterocycles. The minimum Gasteiger partial charge on any atom is -0.385 e. The van der Waals surface area contributed by atoms with E-state index in [-0.39, 0.29) is 5.91 Å². The maximum atomic E-state index is 12.0. The van der Waals surface area contributed by atoms with Gasteiger partial charge in [-0.25, -0.2) is 0 Å². The lowest BCUT2D eigenvalue weighted by Crippen LogP contribution is -2.25. The highest BCUT2D eigenvalue weighted by Gasteiger charge is 2.21. The Labute approximate surface area is 102 Å². The Kier molecular flexibility index (Phi) is 3.96. The zero-order chi connectivity index (χ0) is 12.1. The van der Waals surface area contributed by atoms with Crippen molar-refractivity contribution in [1.29, 1.82) is 0 Å². The van der Waals surface area contributed by atoms with E-state index in [9.17, 15) is 4.79 Å². The zero-order valence-electron chi connectivity index (χ0n) is 10.2. The number of pyridine rings is 1. The van der Waals surface area contributed by atoms with Crippen LogP contribution in [0.15, 0.2) is 18.5 Å². The lowest BCUT2D eigenvalue weighted by Gasteiger charge is -2.10. The summed E-state index contributed by atoms with van der Waals surface area (Å²) in [6.07, 6.45) is 7.06. The van der Waals surface area contributed by atoms with Crippen LogP contribution in [-0.4, -0.2) is 24.0 Å². The number of carbonyl (C=O) groups excluding carboxylic acids is 1. The number of aromatic nitrogens is 1. The molecule has 0 atom stereocenters. The van der Waals surface area contributed by atoms with Crippen LogP contribution in [0.5, 0.6) is 0 Å². The number of nitrogens with zero attached hydrogens (tertiary/aromatic N) is 1. The molecule has 2 rings (SSSR count). The predicted octanol–water partition coefficient (Wildman–Crippen LogP) is 2.04.